The van der Waals surface area contributed by atoms with Gasteiger partial charge in [-0.3, -0.25) is 4.79 Å². The van der Waals surface area contributed by atoms with Crippen molar-refractivity contribution in [3.63, 3.8) is 0 Å². The molecule has 1 aliphatic heterocycles. The largest absolute Gasteiger partial charge is 0.339 e. The lowest BCUT2D eigenvalue weighted by atomic mass is 9.96. The van der Waals surface area contributed by atoms with Crippen LogP contribution in [-0.2, 0) is 0 Å². The summed E-state index contributed by atoms with van der Waals surface area (Å²) in [5, 5.41) is 0. The van der Waals surface area contributed by atoms with E-state index >= 15 is 0 Å². The number of carbonyl (C=O) groups excluding carboxylic acids is 1. The van der Waals surface area contributed by atoms with Crippen molar-refractivity contribution in [2.24, 2.45) is 11.7 Å². The molecule has 1 saturated heterocycles. The fourth-order valence-corrected chi connectivity index (χ4v) is 2.21. The summed E-state index contributed by atoms with van der Waals surface area (Å²) in [6.07, 6.45) is 1.68. The predicted molar refractivity (Wildman–Crippen MR) is 71.3 cm³/mol. The Bertz CT molecular complexity index is 448. The fourth-order valence-electron chi connectivity index (χ4n) is 2.21. The molecule has 0 bridgehead atoms. The van der Waals surface area contributed by atoms with E-state index in [1.807, 2.05) is 0 Å². The quantitative estimate of drug-likeness (QED) is 0.907. The van der Waals surface area contributed by atoms with E-state index in [9.17, 15) is 13.6 Å². The first-order valence-corrected chi connectivity index (χ1v) is 6.06. The van der Waals surface area contributed by atoms with Crippen molar-refractivity contribution in [2.45, 2.75) is 12.8 Å². The second-order valence-corrected chi connectivity index (χ2v) is 4.60. The molecular weight excluding hydrogens is 274 g/mol. The average Bonchev–Trinajstić information content (AvgIpc) is 2.38. The van der Waals surface area contributed by atoms with Crippen LogP contribution in [0.2, 0.25) is 0 Å². The van der Waals surface area contributed by atoms with Crippen molar-refractivity contribution in [1.29, 1.82) is 0 Å². The first-order valence-electron chi connectivity index (χ1n) is 6.06. The zero-order valence-electron chi connectivity index (χ0n) is 10.4. The maximum absolute atomic E-state index is 13.5. The van der Waals surface area contributed by atoms with Gasteiger partial charge in [-0.05, 0) is 37.4 Å². The van der Waals surface area contributed by atoms with E-state index in [-0.39, 0.29) is 23.9 Å². The summed E-state index contributed by atoms with van der Waals surface area (Å²) in [6.45, 7) is 1.78. The minimum atomic E-state index is -0.805. The second kappa shape index (κ2) is 6.82. The van der Waals surface area contributed by atoms with Crippen molar-refractivity contribution in [1.82, 2.24) is 4.90 Å². The van der Waals surface area contributed by atoms with Crippen molar-refractivity contribution in [3.8, 4) is 0 Å². The van der Waals surface area contributed by atoms with E-state index in [1.54, 1.807) is 4.90 Å². The number of piperidine rings is 1. The first-order chi connectivity index (χ1) is 8.61. The lowest BCUT2D eigenvalue weighted by Gasteiger charge is -2.31. The lowest BCUT2D eigenvalue weighted by Crippen LogP contribution is -2.40. The molecule has 1 aromatic carbocycles. The van der Waals surface area contributed by atoms with E-state index in [0.29, 0.717) is 25.6 Å². The summed E-state index contributed by atoms with van der Waals surface area (Å²) in [6, 6.07) is 3.03. The third-order valence-corrected chi connectivity index (χ3v) is 3.40. The summed E-state index contributed by atoms with van der Waals surface area (Å²) < 4.78 is 26.3. The molecule has 0 radical (unpaired) electrons. The molecular formula is C13H17ClF2N2O. The minimum absolute atomic E-state index is 0. The summed E-state index contributed by atoms with van der Waals surface area (Å²) in [4.78, 5) is 13.7. The van der Waals surface area contributed by atoms with Crippen molar-refractivity contribution >= 4 is 18.3 Å². The fraction of sp³-hybridized carbons (Fsp3) is 0.462. The van der Waals surface area contributed by atoms with E-state index in [2.05, 4.69) is 0 Å². The number of nitrogens with zero attached hydrogens (tertiary/aromatic N) is 1. The SMILES string of the molecule is Cl.NCC1CCN(C(=O)c2ccc(F)cc2F)CC1. The van der Waals surface area contributed by atoms with Crippen LogP contribution in [0.5, 0.6) is 0 Å². The summed E-state index contributed by atoms with van der Waals surface area (Å²) >= 11 is 0. The highest BCUT2D eigenvalue weighted by Gasteiger charge is 2.24. The third-order valence-electron chi connectivity index (χ3n) is 3.40. The van der Waals surface area contributed by atoms with Gasteiger partial charge in [-0.15, -0.1) is 12.4 Å². The Balaban J connectivity index is 0.00000180. The highest BCUT2D eigenvalue weighted by Crippen LogP contribution is 2.19. The van der Waals surface area contributed by atoms with Gasteiger partial charge in [0.05, 0.1) is 5.56 Å². The number of hydrogen-bond acceptors (Lipinski definition) is 2. The number of benzene rings is 1. The van der Waals surface area contributed by atoms with E-state index in [4.69, 9.17) is 5.73 Å². The topological polar surface area (TPSA) is 46.3 Å². The summed E-state index contributed by atoms with van der Waals surface area (Å²) in [5.74, 6) is -1.41. The van der Waals surface area contributed by atoms with Crippen LogP contribution in [0, 0.1) is 17.6 Å². The number of hydrogen-bond donors (Lipinski definition) is 1. The third kappa shape index (κ3) is 3.64. The molecule has 19 heavy (non-hydrogen) atoms. The molecule has 0 aromatic heterocycles. The van der Waals surface area contributed by atoms with Gasteiger partial charge in [0, 0.05) is 19.2 Å². The van der Waals surface area contributed by atoms with Gasteiger partial charge in [-0.1, -0.05) is 0 Å². The Morgan fingerprint density at radius 1 is 1.32 bits per heavy atom. The van der Waals surface area contributed by atoms with Crippen LogP contribution < -0.4 is 5.73 Å². The number of likely N-dealkylation sites (tertiary alicyclic amines) is 1. The van der Waals surface area contributed by atoms with Crippen LogP contribution >= 0.6 is 12.4 Å². The monoisotopic (exact) mass is 290 g/mol. The molecule has 1 aliphatic rings. The average molecular weight is 291 g/mol. The van der Waals surface area contributed by atoms with Crippen molar-refractivity contribution < 1.29 is 13.6 Å². The molecule has 0 atom stereocenters. The van der Waals surface area contributed by atoms with Crippen LogP contribution in [-0.4, -0.2) is 30.4 Å². The molecule has 1 aromatic rings. The number of amides is 1. The number of nitrogens with two attached hydrogens (primary N) is 1. The summed E-state index contributed by atoms with van der Waals surface area (Å²) in [5.41, 5.74) is 5.50. The molecule has 0 saturated carbocycles. The first kappa shape index (κ1) is 15.9. The van der Waals surface area contributed by atoms with Gasteiger partial charge in [0.2, 0.25) is 0 Å². The molecule has 1 heterocycles. The van der Waals surface area contributed by atoms with Crippen LogP contribution in [0.25, 0.3) is 0 Å². The Kier molecular flexibility index (Phi) is 5.69. The Labute approximate surface area is 117 Å². The van der Waals surface area contributed by atoms with Crippen LogP contribution in [0.3, 0.4) is 0 Å². The predicted octanol–water partition coefficient (Wildman–Crippen LogP) is 2.20. The van der Waals surface area contributed by atoms with Gasteiger partial charge in [0.1, 0.15) is 11.6 Å². The smallest absolute Gasteiger partial charge is 0.256 e. The maximum atomic E-state index is 13.5. The zero-order valence-corrected chi connectivity index (χ0v) is 11.3. The highest BCUT2D eigenvalue weighted by atomic mass is 35.5. The molecule has 6 heteroatoms. The van der Waals surface area contributed by atoms with E-state index in [0.717, 1.165) is 25.0 Å². The molecule has 1 amide bonds. The Morgan fingerprint density at radius 2 is 1.95 bits per heavy atom. The van der Waals surface area contributed by atoms with Gasteiger partial charge in [0.25, 0.3) is 5.91 Å². The molecule has 3 nitrogen and oxygen atoms in total. The highest BCUT2D eigenvalue weighted by molar-refractivity contribution is 5.94. The maximum Gasteiger partial charge on any atom is 0.256 e. The molecule has 0 unspecified atom stereocenters. The molecule has 2 N–H and O–H groups in total. The normalized spacial score (nSPS) is 16.1. The van der Waals surface area contributed by atoms with E-state index < -0.39 is 11.6 Å². The molecule has 2 rings (SSSR count). The molecule has 0 spiro atoms. The van der Waals surface area contributed by atoms with Crippen LogP contribution in [0.1, 0.15) is 23.2 Å². The van der Waals surface area contributed by atoms with Gasteiger partial charge >= 0.3 is 0 Å². The van der Waals surface area contributed by atoms with Crippen LogP contribution in [0.4, 0.5) is 8.78 Å². The molecule has 0 aliphatic carbocycles. The van der Waals surface area contributed by atoms with Gasteiger partial charge < -0.3 is 10.6 Å². The van der Waals surface area contributed by atoms with Crippen molar-refractivity contribution in [3.05, 3.63) is 35.4 Å². The number of halogens is 3. The molecule has 1 fully saturated rings. The number of rotatable bonds is 2. The second-order valence-electron chi connectivity index (χ2n) is 4.60. The minimum Gasteiger partial charge on any atom is -0.339 e. The zero-order chi connectivity index (χ0) is 13.1. The van der Waals surface area contributed by atoms with Gasteiger partial charge in [-0.25, -0.2) is 8.78 Å². The standard InChI is InChI=1S/C13H16F2N2O.ClH/c14-10-1-2-11(12(15)7-10)13(18)17-5-3-9(8-16)4-6-17;/h1-2,7,9H,3-6,8,16H2;1H. The number of carbonyl (C=O) groups is 1. The van der Waals surface area contributed by atoms with E-state index in [1.165, 1.54) is 6.07 Å². The van der Waals surface area contributed by atoms with Crippen LogP contribution in [0.15, 0.2) is 18.2 Å². The Morgan fingerprint density at radius 3 is 2.47 bits per heavy atom. The Hall–Kier alpha value is -1.20. The van der Waals surface area contributed by atoms with Gasteiger partial charge in [-0.2, -0.15) is 0 Å². The van der Waals surface area contributed by atoms with Gasteiger partial charge in [0.15, 0.2) is 0 Å². The van der Waals surface area contributed by atoms with Crippen molar-refractivity contribution in [2.75, 3.05) is 19.6 Å². The summed E-state index contributed by atoms with van der Waals surface area (Å²) in [7, 11) is 0. The lowest BCUT2D eigenvalue weighted by molar-refractivity contribution is 0.0688. The molecule has 106 valence electrons.